The molecule has 1 aromatic carbocycles. The van der Waals surface area contributed by atoms with Crippen molar-refractivity contribution in [2.45, 2.75) is 25.9 Å². The molecule has 130 valence electrons. The van der Waals surface area contributed by atoms with E-state index in [0.29, 0.717) is 12.2 Å². The van der Waals surface area contributed by atoms with E-state index in [2.05, 4.69) is 40.2 Å². The van der Waals surface area contributed by atoms with Crippen LogP contribution in [0.2, 0.25) is 0 Å². The minimum absolute atomic E-state index is 0.558. The van der Waals surface area contributed by atoms with Gasteiger partial charge in [0.1, 0.15) is 0 Å². The number of nitrogens with zero attached hydrogens (tertiary/aromatic N) is 1. The Balaban J connectivity index is 0.000000197. The third kappa shape index (κ3) is 3.80. The second-order valence-electron chi connectivity index (χ2n) is 6.00. The van der Waals surface area contributed by atoms with Gasteiger partial charge in [0.25, 0.3) is 0 Å². The smallest absolute Gasteiger partial charge is 0.328 e. The molecule has 2 heterocycles. The summed E-state index contributed by atoms with van der Waals surface area (Å²) in [7, 11) is 0. The van der Waals surface area contributed by atoms with Crippen LogP contribution >= 0.6 is 0 Å². The number of aromatic nitrogens is 1. The van der Waals surface area contributed by atoms with Crippen molar-refractivity contribution in [3.05, 3.63) is 59.3 Å². The number of fused-ring (bicyclic) bond motifs is 5. The average Bonchev–Trinajstić information content (AvgIpc) is 2.99. The molecule has 4 rings (SSSR count). The number of aryl methyl sites for hydroxylation is 2. The van der Waals surface area contributed by atoms with E-state index in [-0.39, 0.29) is 0 Å². The molecule has 0 fully saturated rings. The summed E-state index contributed by atoms with van der Waals surface area (Å²) in [6.45, 7) is 3.23. The monoisotopic (exact) mass is 340 g/mol. The van der Waals surface area contributed by atoms with Crippen molar-refractivity contribution in [1.29, 1.82) is 0 Å². The molecule has 1 aliphatic carbocycles. The van der Waals surface area contributed by atoms with Crippen LogP contribution in [0, 0.1) is 0 Å². The Morgan fingerprint density at radius 3 is 2.44 bits per heavy atom. The lowest BCUT2D eigenvalue weighted by atomic mass is 9.90. The van der Waals surface area contributed by atoms with E-state index in [0.717, 1.165) is 19.6 Å². The molecule has 0 unspecified atom stereocenters. The summed E-state index contributed by atoms with van der Waals surface area (Å²) in [6, 6.07) is 11.3. The summed E-state index contributed by atoms with van der Waals surface area (Å²) in [6.07, 6.45) is 3.51. The van der Waals surface area contributed by atoms with Crippen LogP contribution in [0.5, 0.6) is 0 Å². The summed E-state index contributed by atoms with van der Waals surface area (Å²) in [4.78, 5) is 19.1. The van der Waals surface area contributed by atoms with E-state index >= 15 is 0 Å². The third-order valence-corrected chi connectivity index (χ3v) is 4.38. The second-order valence-corrected chi connectivity index (χ2v) is 6.00. The highest BCUT2D eigenvalue weighted by Crippen LogP contribution is 2.36. The maximum absolute atomic E-state index is 9.55. The van der Waals surface area contributed by atoms with Gasteiger partial charge in [-0.25, -0.2) is 9.59 Å². The zero-order chi connectivity index (χ0) is 17.8. The van der Waals surface area contributed by atoms with Gasteiger partial charge in [-0.2, -0.15) is 0 Å². The molecule has 3 N–H and O–H groups in total. The Morgan fingerprint density at radius 1 is 1.04 bits per heavy atom. The van der Waals surface area contributed by atoms with Crippen molar-refractivity contribution in [3.63, 3.8) is 0 Å². The molecule has 0 atom stereocenters. The standard InChI is InChI=1S/C15H16N2.C4H4O4/c1-2-4-14-11(3-1)5-6-12-9-13-10-16-7-8-17(13)15(12)14;5-3(6)1-2-4(7)8/h1-4,9,16H,5-8,10H2;1-2H,(H,5,6)(H,7,8)/b;2-1+. The van der Waals surface area contributed by atoms with Crippen LogP contribution in [0.15, 0.2) is 42.5 Å². The van der Waals surface area contributed by atoms with Crippen molar-refractivity contribution >= 4 is 11.9 Å². The number of aliphatic carboxylic acids is 2. The predicted molar refractivity (Wildman–Crippen MR) is 93.4 cm³/mol. The number of carboxylic acids is 2. The molecule has 6 heteroatoms. The first-order chi connectivity index (χ1) is 12.1. The largest absolute Gasteiger partial charge is 0.478 e. The first-order valence-corrected chi connectivity index (χ1v) is 8.20. The number of benzene rings is 1. The Labute approximate surface area is 145 Å². The van der Waals surface area contributed by atoms with Gasteiger partial charge < -0.3 is 20.1 Å². The van der Waals surface area contributed by atoms with Gasteiger partial charge in [-0.1, -0.05) is 24.3 Å². The van der Waals surface area contributed by atoms with Crippen molar-refractivity contribution in [2.24, 2.45) is 0 Å². The van der Waals surface area contributed by atoms with Gasteiger partial charge in [0, 0.05) is 43.0 Å². The van der Waals surface area contributed by atoms with Crippen molar-refractivity contribution in [1.82, 2.24) is 9.88 Å². The minimum Gasteiger partial charge on any atom is -0.478 e. The molecule has 2 aromatic rings. The van der Waals surface area contributed by atoms with Gasteiger partial charge in [-0.05, 0) is 30.0 Å². The Bertz CT molecular complexity index is 820. The van der Waals surface area contributed by atoms with Crippen molar-refractivity contribution < 1.29 is 19.8 Å². The van der Waals surface area contributed by atoms with Crippen LogP contribution in [0.25, 0.3) is 11.3 Å². The molecule has 1 aromatic heterocycles. The molecule has 0 amide bonds. The average molecular weight is 340 g/mol. The normalized spacial score (nSPS) is 14.7. The fraction of sp³-hybridized carbons (Fsp3) is 0.263. The van der Waals surface area contributed by atoms with E-state index in [4.69, 9.17) is 10.2 Å². The van der Waals surface area contributed by atoms with Crippen LogP contribution in [0.3, 0.4) is 0 Å². The van der Waals surface area contributed by atoms with Gasteiger partial charge in [0.15, 0.2) is 0 Å². The summed E-state index contributed by atoms with van der Waals surface area (Å²) >= 11 is 0. The Hall–Kier alpha value is -2.86. The molecule has 0 radical (unpaired) electrons. The van der Waals surface area contributed by atoms with E-state index < -0.39 is 11.9 Å². The Morgan fingerprint density at radius 2 is 1.72 bits per heavy atom. The number of nitrogens with one attached hydrogen (secondary N) is 1. The number of carboxylic acid groups (broad SMARTS) is 2. The van der Waals surface area contributed by atoms with E-state index in [9.17, 15) is 9.59 Å². The molecule has 0 saturated carbocycles. The van der Waals surface area contributed by atoms with Gasteiger partial charge in [0.2, 0.25) is 0 Å². The maximum atomic E-state index is 9.55. The second kappa shape index (κ2) is 7.36. The molecular formula is C19H20N2O4. The first-order valence-electron chi connectivity index (χ1n) is 8.20. The minimum atomic E-state index is -1.26. The summed E-state index contributed by atoms with van der Waals surface area (Å²) < 4.78 is 2.52. The van der Waals surface area contributed by atoms with Crippen LogP contribution in [0.4, 0.5) is 0 Å². The van der Waals surface area contributed by atoms with Gasteiger partial charge >= 0.3 is 11.9 Å². The van der Waals surface area contributed by atoms with Crippen LogP contribution in [-0.2, 0) is 35.5 Å². The molecule has 0 spiro atoms. The number of hydrogen-bond acceptors (Lipinski definition) is 3. The van der Waals surface area contributed by atoms with E-state index in [1.54, 1.807) is 5.56 Å². The molecule has 2 aliphatic rings. The number of carbonyl (C=O) groups is 2. The van der Waals surface area contributed by atoms with Crippen LogP contribution in [-0.4, -0.2) is 33.3 Å². The number of hydrogen-bond donors (Lipinski definition) is 3. The molecule has 0 bridgehead atoms. The van der Waals surface area contributed by atoms with Crippen LogP contribution < -0.4 is 5.32 Å². The first kappa shape index (κ1) is 17.0. The quantitative estimate of drug-likeness (QED) is 0.728. The zero-order valence-corrected chi connectivity index (χ0v) is 13.7. The van der Waals surface area contributed by atoms with Crippen molar-refractivity contribution in [2.75, 3.05) is 6.54 Å². The highest BCUT2D eigenvalue weighted by molar-refractivity contribution is 5.89. The predicted octanol–water partition coefficient (Wildman–Crippen LogP) is 2.07. The number of rotatable bonds is 2. The lowest BCUT2D eigenvalue weighted by molar-refractivity contribution is -0.134. The molecular weight excluding hydrogens is 320 g/mol. The lowest BCUT2D eigenvalue weighted by Crippen LogP contribution is -2.28. The maximum Gasteiger partial charge on any atom is 0.328 e. The zero-order valence-electron chi connectivity index (χ0n) is 13.7. The SMILES string of the molecule is O=C(O)/C=C/C(=O)O.c1ccc2c(c1)CCc1cc3n(c1-2)CCNC3. The summed E-state index contributed by atoms with van der Waals surface area (Å²) in [5.74, 6) is -2.51. The summed E-state index contributed by atoms with van der Waals surface area (Å²) in [5, 5.41) is 19.1. The molecule has 6 nitrogen and oxygen atoms in total. The Kier molecular flexibility index (Phi) is 5.00. The fourth-order valence-corrected chi connectivity index (χ4v) is 3.36. The molecule has 25 heavy (non-hydrogen) atoms. The molecule has 0 saturated heterocycles. The molecule has 1 aliphatic heterocycles. The van der Waals surface area contributed by atoms with Crippen molar-refractivity contribution in [3.8, 4) is 11.3 Å². The third-order valence-electron chi connectivity index (χ3n) is 4.38. The van der Waals surface area contributed by atoms with E-state index in [1.807, 2.05) is 0 Å². The highest BCUT2D eigenvalue weighted by atomic mass is 16.4. The highest BCUT2D eigenvalue weighted by Gasteiger charge is 2.23. The van der Waals surface area contributed by atoms with Crippen LogP contribution in [0.1, 0.15) is 16.8 Å². The lowest BCUT2D eigenvalue weighted by Gasteiger charge is -2.23. The topological polar surface area (TPSA) is 91.6 Å². The summed E-state index contributed by atoms with van der Waals surface area (Å²) in [5.41, 5.74) is 7.46. The van der Waals surface area contributed by atoms with Gasteiger partial charge in [-0.3, -0.25) is 0 Å². The van der Waals surface area contributed by atoms with E-state index in [1.165, 1.54) is 35.4 Å². The fourth-order valence-electron chi connectivity index (χ4n) is 3.36. The van der Waals surface area contributed by atoms with Gasteiger partial charge in [-0.15, -0.1) is 0 Å². The van der Waals surface area contributed by atoms with Gasteiger partial charge in [0.05, 0.1) is 5.69 Å².